The average Bonchev–Trinajstić information content (AvgIpc) is 2.96. The third-order valence-electron chi connectivity index (χ3n) is 6.58. The van der Waals surface area contributed by atoms with Gasteiger partial charge in [0.2, 0.25) is 11.8 Å². The minimum absolute atomic E-state index is 0.0590. The normalized spacial score (nSPS) is 12.7. The molecule has 3 aromatic rings. The van der Waals surface area contributed by atoms with E-state index < -0.39 is 28.5 Å². The Labute approximate surface area is 245 Å². The molecule has 0 saturated heterocycles. The van der Waals surface area contributed by atoms with Crippen molar-refractivity contribution in [2.24, 2.45) is 0 Å². The van der Waals surface area contributed by atoms with Gasteiger partial charge in [-0.1, -0.05) is 66.2 Å². The van der Waals surface area contributed by atoms with Gasteiger partial charge in [0.25, 0.3) is 10.0 Å². The summed E-state index contributed by atoms with van der Waals surface area (Å²) >= 11 is 3.41. The van der Waals surface area contributed by atoms with E-state index >= 15 is 0 Å². The SMILES string of the molecule is CCC(C)NC(=O)C(CC)N(Cc1cccc(OC)c1)C(=O)CN(c1cccc(Br)c1)S(=O)(=O)c1ccccc1. The molecule has 214 valence electrons. The van der Waals surface area contributed by atoms with Gasteiger partial charge in [-0.2, -0.15) is 0 Å². The van der Waals surface area contributed by atoms with Gasteiger partial charge in [-0.15, -0.1) is 0 Å². The fraction of sp³-hybridized carbons (Fsp3) is 0.333. The van der Waals surface area contributed by atoms with Crippen LogP contribution >= 0.6 is 15.9 Å². The number of hydrogen-bond donors (Lipinski definition) is 1. The van der Waals surface area contributed by atoms with E-state index in [0.29, 0.717) is 22.3 Å². The maximum absolute atomic E-state index is 14.1. The molecule has 3 aromatic carbocycles. The number of sulfonamides is 1. The number of halogens is 1. The number of nitrogens with zero attached hydrogens (tertiary/aromatic N) is 2. The Morgan fingerprint density at radius 1 is 0.950 bits per heavy atom. The molecule has 0 radical (unpaired) electrons. The fourth-order valence-corrected chi connectivity index (χ4v) is 6.02. The lowest BCUT2D eigenvalue weighted by atomic mass is 10.1. The van der Waals surface area contributed by atoms with Gasteiger partial charge >= 0.3 is 0 Å². The van der Waals surface area contributed by atoms with Gasteiger partial charge < -0.3 is 15.0 Å². The largest absolute Gasteiger partial charge is 0.497 e. The van der Waals surface area contributed by atoms with Crippen LogP contribution in [0.3, 0.4) is 0 Å². The number of carbonyl (C=O) groups excluding carboxylic acids is 2. The van der Waals surface area contributed by atoms with Crippen LogP contribution < -0.4 is 14.4 Å². The van der Waals surface area contributed by atoms with E-state index in [1.807, 2.05) is 32.9 Å². The zero-order chi connectivity index (χ0) is 29.3. The van der Waals surface area contributed by atoms with Crippen molar-refractivity contribution >= 4 is 43.5 Å². The number of anilines is 1. The van der Waals surface area contributed by atoms with Crippen LogP contribution in [0.5, 0.6) is 5.75 Å². The van der Waals surface area contributed by atoms with Crippen LogP contribution in [0.2, 0.25) is 0 Å². The summed E-state index contributed by atoms with van der Waals surface area (Å²) in [6.45, 7) is 5.31. The quantitative estimate of drug-likeness (QED) is 0.274. The van der Waals surface area contributed by atoms with E-state index in [2.05, 4.69) is 21.2 Å². The van der Waals surface area contributed by atoms with Gasteiger partial charge in [-0.05, 0) is 67.8 Å². The van der Waals surface area contributed by atoms with Crippen molar-refractivity contribution in [2.45, 2.75) is 57.1 Å². The molecular formula is C30H36BrN3O5S. The number of rotatable bonds is 13. The highest BCUT2D eigenvalue weighted by molar-refractivity contribution is 9.10. The second-order valence-corrected chi connectivity index (χ2v) is 12.2. The summed E-state index contributed by atoms with van der Waals surface area (Å²) in [5.74, 6) is -0.175. The van der Waals surface area contributed by atoms with Crippen LogP contribution in [0.25, 0.3) is 0 Å². The first kappa shape index (κ1) is 31.2. The fourth-order valence-electron chi connectivity index (χ4n) is 4.21. The minimum atomic E-state index is -4.11. The van der Waals surface area contributed by atoms with Crippen LogP contribution in [-0.2, 0) is 26.2 Å². The Kier molecular flexibility index (Phi) is 11.2. The molecule has 40 heavy (non-hydrogen) atoms. The van der Waals surface area contributed by atoms with Crippen molar-refractivity contribution in [3.63, 3.8) is 0 Å². The van der Waals surface area contributed by atoms with Gasteiger partial charge in [0.05, 0.1) is 17.7 Å². The predicted octanol–water partition coefficient (Wildman–Crippen LogP) is 5.38. The monoisotopic (exact) mass is 629 g/mol. The number of hydrogen-bond acceptors (Lipinski definition) is 5. The second kappa shape index (κ2) is 14.3. The number of benzene rings is 3. The highest BCUT2D eigenvalue weighted by atomic mass is 79.9. The summed E-state index contributed by atoms with van der Waals surface area (Å²) in [6, 6.07) is 21.1. The molecule has 2 amide bonds. The summed E-state index contributed by atoms with van der Waals surface area (Å²) in [5, 5.41) is 2.98. The van der Waals surface area contributed by atoms with E-state index in [4.69, 9.17) is 4.74 Å². The molecule has 0 aliphatic carbocycles. The lowest BCUT2D eigenvalue weighted by molar-refractivity contribution is -0.140. The van der Waals surface area contributed by atoms with Crippen molar-refractivity contribution in [3.05, 3.63) is 88.9 Å². The first-order valence-electron chi connectivity index (χ1n) is 13.2. The van der Waals surface area contributed by atoms with Crippen molar-refractivity contribution < 1.29 is 22.7 Å². The number of nitrogens with one attached hydrogen (secondary N) is 1. The molecule has 0 heterocycles. The molecule has 1 N–H and O–H groups in total. The Hall–Kier alpha value is -3.37. The van der Waals surface area contributed by atoms with Crippen LogP contribution in [0.15, 0.2) is 88.2 Å². The van der Waals surface area contributed by atoms with Crippen molar-refractivity contribution in [1.29, 1.82) is 0 Å². The van der Waals surface area contributed by atoms with Crippen molar-refractivity contribution in [2.75, 3.05) is 18.0 Å². The summed E-state index contributed by atoms with van der Waals surface area (Å²) in [6.07, 6.45) is 1.08. The van der Waals surface area contributed by atoms with Gasteiger partial charge in [0.15, 0.2) is 0 Å². The van der Waals surface area contributed by atoms with Crippen LogP contribution in [0.1, 0.15) is 39.2 Å². The summed E-state index contributed by atoms with van der Waals surface area (Å²) in [5.41, 5.74) is 1.08. The molecule has 0 bridgehead atoms. The van der Waals surface area contributed by atoms with Gasteiger partial charge in [-0.25, -0.2) is 8.42 Å². The molecule has 2 atom stereocenters. The van der Waals surface area contributed by atoms with Gasteiger partial charge in [0.1, 0.15) is 18.3 Å². The van der Waals surface area contributed by atoms with Crippen molar-refractivity contribution in [1.82, 2.24) is 10.2 Å². The molecule has 0 aliphatic rings. The third kappa shape index (κ3) is 7.85. The third-order valence-corrected chi connectivity index (χ3v) is 8.86. The van der Waals surface area contributed by atoms with Gasteiger partial charge in [0, 0.05) is 17.1 Å². The number of amides is 2. The maximum Gasteiger partial charge on any atom is 0.264 e. The molecule has 0 aromatic heterocycles. The van der Waals surface area contributed by atoms with Crippen LogP contribution in [0.4, 0.5) is 5.69 Å². The van der Waals surface area contributed by atoms with E-state index in [-0.39, 0.29) is 23.4 Å². The van der Waals surface area contributed by atoms with E-state index in [1.165, 1.54) is 17.0 Å². The Balaban J connectivity index is 2.06. The first-order valence-corrected chi connectivity index (χ1v) is 15.4. The smallest absolute Gasteiger partial charge is 0.264 e. The summed E-state index contributed by atoms with van der Waals surface area (Å²) in [4.78, 5) is 29.0. The van der Waals surface area contributed by atoms with Crippen LogP contribution in [-0.4, -0.2) is 50.9 Å². The molecule has 0 spiro atoms. The first-order chi connectivity index (χ1) is 19.1. The predicted molar refractivity (Wildman–Crippen MR) is 161 cm³/mol. The molecule has 3 rings (SSSR count). The highest BCUT2D eigenvalue weighted by Gasteiger charge is 2.34. The maximum atomic E-state index is 14.1. The zero-order valence-corrected chi connectivity index (χ0v) is 25.6. The molecule has 0 aliphatic heterocycles. The zero-order valence-electron chi connectivity index (χ0n) is 23.2. The van der Waals surface area contributed by atoms with E-state index in [9.17, 15) is 18.0 Å². The molecule has 0 fully saturated rings. The Bertz CT molecular complexity index is 1400. The van der Waals surface area contributed by atoms with Crippen molar-refractivity contribution in [3.8, 4) is 5.75 Å². The molecule has 2 unspecified atom stereocenters. The lowest BCUT2D eigenvalue weighted by Crippen LogP contribution is -2.53. The minimum Gasteiger partial charge on any atom is -0.497 e. The number of carbonyl (C=O) groups is 2. The highest BCUT2D eigenvalue weighted by Crippen LogP contribution is 2.27. The Morgan fingerprint density at radius 2 is 1.65 bits per heavy atom. The average molecular weight is 631 g/mol. The lowest BCUT2D eigenvalue weighted by Gasteiger charge is -2.33. The molecular weight excluding hydrogens is 594 g/mol. The summed E-state index contributed by atoms with van der Waals surface area (Å²) in [7, 11) is -2.56. The van der Waals surface area contributed by atoms with E-state index in [0.717, 1.165) is 16.3 Å². The topological polar surface area (TPSA) is 96.0 Å². The summed E-state index contributed by atoms with van der Waals surface area (Å²) < 4.78 is 34.8. The molecule has 8 nitrogen and oxygen atoms in total. The molecule has 0 saturated carbocycles. The molecule has 10 heteroatoms. The second-order valence-electron chi connectivity index (χ2n) is 9.42. The van der Waals surface area contributed by atoms with E-state index in [1.54, 1.807) is 61.7 Å². The standard InChI is InChI=1S/C30H36BrN3O5S/c1-5-22(3)32-30(36)28(6-2)33(20-23-12-10-15-26(18-23)39-4)29(35)21-34(25-14-11-13-24(31)19-25)40(37,38)27-16-8-7-9-17-27/h7-19,22,28H,5-6,20-21H2,1-4H3,(H,32,36). The van der Waals surface area contributed by atoms with Crippen LogP contribution in [0, 0.1) is 0 Å². The Morgan fingerprint density at radius 3 is 2.27 bits per heavy atom. The number of methoxy groups -OCH3 is 1. The number of ether oxygens (including phenoxy) is 1. The van der Waals surface area contributed by atoms with Gasteiger partial charge in [-0.3, -0.25) is 13.9 Å².